The maximum atomic E-state index is 13.3. The van der Waals surface area contributed by atoms with E-state index in [1.54, 1.807) is 70.3 Å². The van der Waals surface area contributed by atoms with E-state index in [0.717, 1.165) is 10.7 Å². The molecule has 0 aliphatic rings. The van der Waals surface area contributed by atoms with Crippen molar-refractivity contribution in [3.63, 3.8) is 0 Å². The fourth-order valence-electron chi connectivity index (χ4n) is 10.8. The Bertz CT molecular complexity index is 5820. The number of amides is 8. The van der Waals surface area contributed by atoms with E-state index in [4.69, 9.17) is 104 Å². The minimum Gasteiger partial charge on any atom is -0.467 e. The summed E-state index contributed by atoms with van der Waals surface area (Å²) in [5.74, 6) is -4.70. The Balaban J connectivity index is 0.000000182. The number of nitrogens with one attached hydrogen (secondary N) is 8. The number of halogens is 16. The molecule has 120 heavy (non-hydrogen) atoms. The normalized spacial score (nSPS) is 11.0. The number of aryl methyl sites for hydroxylation is 4. The molecule has 8 aromatic heterocycles. The highest BCUT2D eigenvalue weighted by Crippen LogP contribution is 2.36. The molecule has 0 aliphatic carbocycles. The highest BCUT2D eigenvalue weighted by Gasteiger charge is 2.38. The number of rotatable bonds is 18. The topological polar surface area (TPSA) is 365 Å². The third kappa shape index (κ3) is 22.7. The first kappa shape index (κ1) is 92.4. The maximum Gasteiger partial charge on any atom is 0.435 e. The van der Waals surface area contributed by atoms with E-state index in [1.165, 1.54) is 129 Å². The number of hydrogen-bond acceptors (Lipinski definition) is 17. The van der Waals surface area contributed by atoms with Gasteiger partial charge in [-0.3, -0.25) is 38.4 Å². The molecule has 0 bridgehead atoms. The number of anilines is 4. The third-order valence-electron chi connectivity index (χ3n) is 16.2. The summed E-state index contributed by atoms with van der Waals surface area (Å²) in [5, 5.41) is 38.3. The number of alkyl halides is 6. The summed E-state index contributed by atoms with van der Waals surface area (Å²) in [6, 6.07) is 29.0. The first-order valence-corrected chi connectivity index (χ1v) is 38.1. The molecule has 4 aromatic carbocycles. The number of hydrogen-bond donors (Lipinski definition) is 8. The van der Waals surface area contributed by atoms with Gasteiger partial charge in [0.2, 0.25) is 5.88 Å². The van der Waals surface area contributed by atoms with Crippen molar-refractivity contribution in [3.05, 3.63) is 269 Å². The lowest BCUT2D eigenvalue weighted by molar-refractivity contribution is -0.154. The van der Waals surface area contributed by atoms with E-state index in [9.17, 15) is 64.7 Å². The third-order valence-corrected chi connectivity index (χ3v) is 18.8. The minimum absolute atomic E-state index is 0.00877. The van der Waals surface area contributed by atoms with E-state index in [2.05, 4.69) is 104 Å². The Morgan fingerprint density at radius 3 is 0.958 bits per heavy atom. The van der Waals surface area contributed by atoms with Gasteiger partial charge in [0.15, 0.2) is 40.7 Å². The molecule has 0 atom stereocenters. The molecule has 29 nitrogen and oxygen atoms in total. The summed E-state index contributed by atoms with van der Waals surface area (Å²) in [5.41, 5.74) is 1.95. The molecule has 624 valence electrons. The van der Waals surface area contributed by atoms with Crippen molar-refractivity contribution in [2.24, 2.45) is 0 Å². The van der Waals surface area contributed by atoms with Crippen LogP contribution in [0.3, 0.4) is 0 Å². The summed E-state index contributed by atoms with van der Waals surface area (Å²) < 4.78 is 87.0. The average Bonchev–Trinajstić information content (AvgIpc) is 1.58. The second-order valence-electron chi connectivity index (χ2n) is 24.5. The standard InChI is InChI=1S/C20H16Cl2F3N5O3.C19H14Cl2F3N5O2.C18H14BrCl2N5O2.C18H14Cl3N5O2/c1-10-6-11(21)7-12(18(31)26-2)16(10)28-19(32)14-8-15(33-9-20(23,24)25)29-30(14)17-13(22)4-3-5-27-17;1-9-6-10(20)7-11(17(30)25-2)15(9)27-18(31)13-8-14(19(22,23)24)28-29(13)16-12(21)4-3-5-26-16;1-9-6-10(20)7-11(17(27)22-2)15(9)24-18(28)13-8-14(19)25-26(13)16-12(21)4-3-5-23-16;1-9-6-10(19)7-11(17(27)22-2)15(9)24-18(28)13-8-14(21)25-26(13)16-12(20)4-3-5-23-16/h3-8H,9H2,1-2H3,(H,26,31)(H,28,32);3-8H,1-2H3,(H,25,30)(H,27,31);2*3-8H,1-2H3,(H,22,27)(H,24,28). The van der Waals surface area contributed by atoms with Gasteiger partial charge in [-0.1, -0.05) is 104 Å². The summed E-state index contributed by atoms with van der Waals surface area (Å²) in [7, 11) is 5.78. The fourth-order valence-corrected chi connectivity index (χ4v) is 13.3. The molecular formula is C75H58BrCl9F6N20O9. The van der Waals surface area contributed by atoms with E-state index >= 15 is 0 Å². The Morgan fingerprint density at radius 1 is 0.375 bits per heavy atom. The SMILES string of the molecule is CNC(=O)c1cc(Cl)cc(C)c1NC(=O)c1cc(Br)nn1-c1ncccc1Cl.CNC(=O)c1cc(Cl)cc(C)c1NC(=O)c1cc(C(F)(F)F)nn1-c1ncccc1Cl.CNC(=O)c1cc(Cl)cc(C)c1NC(=O)c1cc(Cl)nn1-c1ncccc1Cl.CNC(=O)c1cc(Cl)cc(C)c1NC(=O)c1cc(OCC(F)(F)F)nn1-c1ncccc1Cl. The van der Waals surface area contributed by atoms with Gasteiger partial charge in [-0.15, -0.1) is 5.10 Å². The zero-order valence-electron chi connectivity index (χ0n) is 62.7. The predicted molar refractivity (Wildman–Crippen MR) is 445 cm³/mol. The van der Waals surface area contributed by atoms with Crippen LogP contribution >= 0.6 is 120 Å². The highest BCUT2D eigenvalue weighted by atomic mass is 79.9. The molecule has 0 spiro atoms. The second-order valence-corrected chi connectivity index (χ2v) is 29.1. The van der Waals surface area contributed by atoms with Crippen LogP contribution in [0.5, 0.6) is 5.88 Å². The number of benzene rings is 4. The van der Waals surface area contributed by atoms with Gasteiger partial charge in [0.25, 0.3) is 47.3 Å². The van der Waals surface area contributed by atoms with Gasteiger partial charge in [-0.25, -0.2) is 38.7 Å². The van der Waals surface area contributed by atoms with Gasteiger partial charge in [0.1, 0.15) is 27.4 Å². The highest BCUT2D eigenvalue weighted by molar-refractivity contribution is 9.10. The first-order chi connectivity index (χ1) is 56.6. The zero-order valence-corrected chi connectivity index (χ0v) is 71.0. The summed E-state index contributed by atoms with van der Waals surface area (Å²) >= 11 is 58.0. The van der Waals surface area contributed by atoms with Crippen LogP contribution in [0.4, 0.5) is 49.1 Å². The number of aromatic nitrogens is 12. The van der Waals surface area contributed by atoms with E-state index < -0.39 is 71.7 Å². The molecule has 0 unspecified atom stereocenters. The molecule has 0 aliphatic heterocycles. The molecule has 0 fully saturated rings. The zero-order chi connectivity index (χ0) is 88.1. The molecule has 8 N–H and O–H groups in total. The minimum atomic E-state index is -4.81. The fraction of sp³-hybridized carbons (Fsp3) is 0.147. The van der Waals surface area contributed by atoms with E-state index in [1.807, 2.05) is 0 Å². The summed E-state index contributed by atoms with van der Waals surface area (Å²) in [4.78, 5) is 117. The number of ether oxygens (including phenoxy) is 1. The molecule has 0 radical (unpaired) electrons. The Morgan fingerprint density at radius 2 is 0.658 bits per heavy atom. The van der Waals surface area contributed by atoms with Crippen molar-refractivity contribution < 1.29 is 69.4 Å². The van der Waals surface area contributed by atoms with E-state index in [-0.39, 0.29) is 105 Å². The van der Waals surface area contributed by atoms with Crippen molar-refractivity contribution in [2.75, 3.05) is 56.1 Å². The van der Waals surface area contributed by atoms with Gasteiger partial charge in [-0.2, -0.15) is 41.6 Å². The molecule has 0 saturated heterocycles. The van der Waals surface area contributed by atoms with Gasteiger partial charge in [0.05, 0.1) is 65.1 Å². The van der Waals surface area contributed by atoms with Crippen LogP contribution in [0, 0.1) is 27.7 Å². The predicted octanol–water partition coefficient (Wildman–Crippen LogP) is 17.4. The first-order valence-electron chi connectivity index (χ1n) is 33.9. The van der Waals surface area contributed by atoms with Crippen molar-refractivity contribution in [1.82, 2.24) is 80.3 Å². The number of nitrogens with zero attached hydrogens (tertiary/aromatic N) is 12. The van der Waals surface area contributed by atoms with Gasteiger partial charge in [-0.05, 0) is 163 Å². The number of carbonyl (C=O) groups excluding carboxylic acids is 8. The number of carbonyl (C=O) groups is 8. The van der Waals surface area contributed by atoms with Gasteiger partial charge < -0.3 is 47.3 Å². The Labute approximate surface area is 729 Å². The van der Waals surface area contributed by atoms with Crippen LogP contribution in [0.15, 0.2) is 151 Å². The lowest BCUT2D eigenvalue weighted by Crippen LogP contribution is -2.23. The maximum absolute atomic E-state index is 13.3. The molecular weight excluding hydrogens is 1840 g/mol. The van der Waals surface area contributed by atoms with Gasteiger partial charge >= 0.3 is 12.4 Å². The lowest BCUT2D eigenvalue weighted by atomic mass is 10.1. The smallest absolute Gasteiger partial charge is 0.435 e. The van der Waals surface area contributed by atoms with Crippen molar-refractivity contribution in [3.8, 4) is 29.2 Å². The van der Waals surface area contributed by atoms with Crippen LogP contribution in [0.25, 0.3) is 23.3 Å². The van der Waals surface area contributed by atoms with Crippen molar-refractivity contribution in [2.45, 2.75) is 40.0 Å². The second kappa shape index (κ2) is 40.1. The summed E-state index contributed by atoms with van der Waals surface area (Å²) in [6.45, 7) is 5.07. The largest absolute Gasteiger partial charge is 0.467 e. The van der Waals surface area contributed by atoms with Crippen LogP contribution in [-0.2, 0) is 6.18 Å². The van der Waals surface area contributed by atoms with Crippen LogP contribution in [0.2, 0.25) is 45.3 Å². The average molecular weight is 1900 g/mol. The van der Waals surface area contributed by atoms with Crippen LogP contribution < -0.4 is 47.3 Å². The molecule has 12 rings (SSSR count). The van der Waals surface area contributed by atoms with Crippen LogP contribution in [0.1, 0.15) is 111 Å². The Hall–Kier alpha value is -11.5. The molecule has 45 heteroatoms. The molecule has 0 saturated carbocycles. The summed E-state index contributed by atoms with van der Waals surface area (Å²) in [6.07, 6.45) is -3.70. The van der Waals surface area contributed by atoms with Crippen LogP contribution in [-0.4, -0.2) is 147 Å². The molecule has 8 amide bonds. The van der Waals surface area contributed by atoms with E-state index in [0.29, 0.717) is 74.9 Å². The Kier molecular flexibility index (Phi) is 30.9. The van der Waals surface area contributed by atoms with Crippen molar-refractivity contribution >= 4 is 190 Å². The molecule has 12 aromatic rings. The quantitative estimate of drug-likeness (QED) is 0.0370. The lowest BCUT2D eigenvalue weighted by Gasteiger charge is -2.14. The molecule has 8 heterocycles. The van der Waals surface area contributed by atoms with Crippen molar-refractivity contribution in [1.29, 1.82) is 0 Å². The van der Waals surface area contributed by atoms with Gasteiger partial charge in [0, 0.05) is 97.3 Å². The number of pyridine rings is 4. The monoisotopic (exact) mass is 1890 g/mol.